The van der Waals surface area contributed by atoms with Crippen molar-refractivity contribution in [2.75, 3.05) is 5.32 Å². The highest BCUT2D eigenvalue weighted by Gasteiger charge is 2.19. The summed E-state index contributed by atoms with van der Waals surface area (Å²) in [5, 5.41) is 11.5. The molecule has 0 aliphatic carbocycles. The van der Waals surface area contributed by atoms with Crippen LogP contribution < -0.4 is 5.32 Å². The van der Waals surface area contributed by atoms with Gasteiger partial charge in [0, 0.05) is 18.3 Å². The van der Waals surface area contributed by atoms with E-state index in [0.717, 1.165) is 17.7 Å². The maximum Gasteiger partial charge on any atom is 0.237 e. The monoisotopic (exact) mass is 384 g/mol. The van der Waals surface area contributed by atoms with Gasteiger partial charge in [-0.25, -0.2) is 4.39 Å². The summed E-state index contributed by atoms with van der Waals surface area (Å²) in [5.41, 5.74) is 2.77. The molecule has 1 heterocycles. The first kappa shape index (κ1) is 19.1. The molecule has 1 aromatic heterocycles. The molecule has 140 valence electrons. The number of aryl methyl sites for hydroxylation is 1. The van der Waals surface area contributed by atoms with Gasteiger partial charge in [-0.3, -0.25) is 4.79 Å². The van der Waals surface area contributed by atoms with Crippen LogP contribution in [0.4, 0.5) is 10.1 Å². The lowest BCUT2D eigenvalue weighted by molar-refractivity contribution is -0.115. The largest absolute Gasteiger partial charge is 0.325 e. The van der Waals surface area contributed by atoms with Crippen LogP contribution in [0.2, 0.25) is 0 Å². The summed E-state index contributed by atoms with van der Waals surface area (Å²) in [6.45, 7) is 3.92. The zero-order valence-electron chi connectivity index (χ0n) is 15.4. The van der Waals surface area contributed by atoms with Gasteiger partial charge in [0.25, 0.3) is 0 Å². The summed E-state index contributed by atoms with van der Waals surface area (Å²) in [5.74, 6) is 0.226. The SMILES string of the molecule is CCc1ccc(NC(=O)C(C)Sc2nnc(-c3ccc(F)cc3)n2C)cc1. The Balaban J connectivity index is 1.67. The van der Waals surface area contributed by atoms with Gasteiger partial charge in [-0.2, -0.15) is 0 Å². The van der Waals surface area contributed by atoms with Crippen LogP contribution in [0.3, 0.4) is 0 Å². The minimum atomic E-state index is -0.347. The summed E-state index contributed by atoms with van der Waals surface area (Å²) >= 11 is 1.33. The smallest absolute Gasteiger partial charge is 0.237 e. The van der Waals surface area contributed by atoms with E-state index in [9.17, 15) is 9.18 Å². The van der Waals surface area contributed by atoms with Gasteiger partial charge in [-0.1, -0.05) is 30.8 Å². The average Bonchev–Trinajstić information content (AvgIpc) is 3.03. The highest BCUT2D eigenvalue weighted by Crippen LogP contribution is 2.26. The highest BCUT2D eigenvalue weighted by molar-refractivity contribution is 8.00. The highest BCUT2D eigenvalue weighted by atomic mass is 32.2. The van der Waals surface area contributed by atoms with Gasteiger partial charge < -0.3 is 9.88 Å². The minimum Gasteiger partial charge on any atom is -0.325 e. The van der Waals surface area contributed by atoms with Crippen LogP contribution in [0.15, 0.2) is 53.7 Å². The third-order valence-corrected chi connectivity index (χ3v) is 5.35. The molecule has 1 unspecified atom stereocenters. The number of nitrogens with one attached hydrogen (secondary N) is 1. The average molecular weight is 384 g/mol. The number of anilines is 1. The summed E-state index contributed by atoms with van der Waals surface area (Å²) in [4.78, 5) is 12.5. The Morgan fingerprint density at radius 3 is 2.44 bits per heavy atom. The number of benzene rings is 2. The molecule has 0 saturated heterocycles. The Labute approximate surface area is 162 Å². The van der Waals surface area contributed by atoms with E-state index in [0.29, 0.717) is 11.0 Å². The van der Waals surface area contributed by atoms with Crippen LogP contribution in [0, 0.1) is 5.82 Å². The number of hydrogen-bond acceptors (Lipinski definition) is 4. The Bertz CT molecular complexity index is 922. The lowest BCUT2D eigenvalue weighted by atomic mass is 10.1. The van der Waals surface area contributed by atoms with Gasteiger partial charge in [-0.15, -0.1) is 10.2 Å². The molecule has 7 heteroatoms. The molecule has 27 heavy (non-hydrogen) atoms. The summed E-state index contributed by atoms with van der Waals surface area (Å²) in [7, 11) is 1.83. The maximum atomic E-state index is 13.1. The zero-order chi connectivity index (χ0) is 19.4. The summed E-state index contributed by atoms with van der Waals surface area (Å²) in [6.07, 6.45) is 0.961. The number of nitrogens with zero attached hydrogens (tertiary/aromatic N) is 3. The lowest BCUT2D eigenvalue weighted by Gasteiger charge is -2.12. The molecule has 0 bridgehead atoms. The fraction of sp³-hybridized carbons (Fsp3) is 0.250. The number of carbonyl (C=O) groups is 1. The van der Waals surface area contributed by atoms with Gasteiger partial charge in [0.15, 0.2) is 11.0 Å². The van der Waals surface area contributed by atoms with Crippen molar-refractivity contribution >= 4 is 23.4 Å². The molecule has 1 atom stereocenters. The van der Waals surface area contributed by atoms with Gasteiger partial charge in [0.1, 0.15) is 5.82 Å². The predicted octanol–water partition coefficient (Wildman–Crippen LogP) is 4.30. The van der Waals surface area contributed by atoms with Crippen molar-refractivity contribution in [2.24, 2.45) is 7.05 Å². The first-order chi connectivity index (χ1) is 13.0. The molecular formula is C20H21FN4OS. The summed E-state index contributed by atoms with van der Waals surface area (Å²) < 4.78 is 14.9. The fourth-order valence-corrected chi connectivity index (χ4v) is 3.36. The number of carbonyl (C=O) groups excluding carboxylic acids is 1. The number of aromatic nitrogens is 3. The molecule has 3 rings (SSSR count). The van der Waals surface area contributed by atoms with E-state index in [1.807, 2.05) is 38.2 Å². The maximum absolute atomic E-state index is 13.1. The summed E-state index contributed by atoms with van der Waals surface area (Å²) in [6, 6.07) is 13.9. The van der Waals surface area contributed by atoms with Crippen LogP contribution in [0.1, 0.15) is 19.4 Å². The Kier molecular flexibility index (Phi) is 5.91. The fourth-order valence-electron chi connectivity index (χ4n) is 2.55. The van der Waals surface area contributed by atoms with E-state index in [1.165, 1.54) is 29.5 Å². The first-order valence-corrected chi connectivity index (χ1v) is 9.57. The molecular weight excluding hydrogens is 363 g/mol. The number of hydrogen-bond donors (Lipinski definition) is 1. The molecule has 1 N–H and O–H groups in total. The standard InChI is InChI=1S/C20H21FN4OS/c1-4-14-5-11-17(12-6-14)22-19(26)13(2)27-20-24-23-18(25(20)3)15-7-9-16(21)10-8-15/h5-13H,4H2,1-3H3,(H,22,26). The van der Waals surface area contributed by atoms with Crippen LogP contribution >= 0.6 is 11.8 Å². The molecule has 0 aliphatic rings. The van der Waals surface area contributed by atoms with Crippen molar-refractivity contribution in [2.45, 2.75) is 30.7 Å². The minimum absolute atomic E-state index is 0.101. The predicted molar refractivity (Wildman–Crippen MR) is 106 cm³/mol. The van der Waals surface area contributed by atoms with E-state index in [1.54, 1.807) is 16.7 Å². The molecule has 0 radical (unpaired) electrons. The first-order valence-electron chi connectivity index (χ1n) is 8.69. The number of amides is 1. The number of thioether (sulfide) groups is 1. The van der Waals surface area contributed by atoms with Crippen LogP contribution in [0.5, 0.6) is 0 Å². The van der Waals surface area contributed by atoms with E-state index < -0.39 is 0 Å². The van der Waals surface area contributed by atoms with Crippen molar-refractivity contribution in [1.29, 1.82) is 0 Å². The molecule has 5 nitrogen and oxygen atoms in total. The molecule has 0 spiro atoms. The molecule has 1 amide bonds. The molecule has 0 saturated carbocycles. The van der Waals surface area contributed by atoms with E-state index in [2.05, 4.69) is 22.4 Å². The second kappa shape index (κ2) is 8.35. The van der Waals surface area contributed by atoms with Crippen molar-refractivity contribution in [3.8, 4) is 11.4 Å². The van der Waals surface area contributed by atoms with E-state index in [4.69, 9.17) is 0 Å². The van der Waals surface area contributed by atoms with Crippen LogP contribution in [-0.2, 0) is 18.3 Å². The molecule has 2 aromatic carbocycles. The Morgan fingerprint density at radius 2 is 1.81 bits per heavy atom. The second-order valence-electron chi connectivity index (χ2n) is 6.17. The number of halogens is 1. The molecule has 0 aliphatic heterocycles. The topological polar surface area (TPSA) is 59.8 Å². The van der Waals surface area contributed by atoms with Crippen LogP contribution in [-0.4, -0.2) is 25.9 Å². The zero-order valence-corrected chi connectivity index (χ0v) is 16.3. The van der Waals surface area contributed by atoms with Gasteiger partial charge in [0.2, 0.25) is 5.91 Å². The lowest BCUT2D eigenvalue weighted by Crippen LogP contribution is -2.22. The van der Waals surface area contributed by atoms with E-state index in [-0.39, 0.29) is 17.0 Å². The van der Waals surface area contributed by atoms with Crippen molar-refractivity contribution in [3.05, 3.63) is 59.9 Å². The Morgan fingerprint density at radius 1 is 1.15 bits per heavy atom. The molecule has 0 fully saturated rings. The number of rotatable bonds is 6. The second-order valence-corrected chi connectivity index (χ2v) is 7.48. The van der Waals surface area contributed by atoms with Crippen molar-refractivity contribution in [3.63, 3.8) is 0 Å². The van der Waals surface area contributed by atoms with Crippen LogP contribution in [0.25, 0.3) is 11.4 Å². The van der Waals surface area contributed by atoms with Gasteiger partial charge in [0.05, 0.1) is 5.25 Å². The van der Waals surface area contributed by atoms with Gasteiger partial charge >= 0.3 is 0 Å². The van der Waals surface area contributed by atoms with Crippen molar-refractivity contribution < 1.29 is 9.18 Å². The quantitative estimate of drug-likeness (QED) is 0.644. The third kappa shape index (κ3) is 4.54. The normalized spacial score (nSPS) is 12.0. The molecule has 3 aromatic rings. The van der Waals surface area contributed by atoms with Crippen molar-refractivity contribution in [1.82, 2.24) is 14.8 Å². The van der Waals surface area contributed by atoms with E-state index >= 15 is 0 Å². The third-order valence-electron chi connectivity index (χ3n) is 4.22. The van der Waals surface area contributed by atoms with Gasteiger partial charge in [-0.05, 0) is 55.3 Å². The Hall–Kier alpha value is -2.67.